The van der Waals surface area contributed by atoms with Gasteiger partial charge in [0.05, 0.1) is 0 Å². The lowest BCUT2D eigenvalue weighted by Crippen LogP contribution is -1.85. The molecule has 0 saturated carbocycles. The van der Waals surface area contributed by atoms with E-state index in [1.165, 1.54) is 38.7 Å². The number of ketones is 1. The van der Waals surface area contributed by atoms with Crippen LogP contribution in [0.25, 0.3) is 0 Å². The standard InChI is InChI=1S/C12H18.C3H6O/c1-11(2)7-6-10-12-8-4-3-5-9-12;1-3(2)4/h3-4,7,9H,5-6,8,10H2,1-2H3;1-2H3. The van der Waals surface area contributed by atoms with E-state index < -0.39 is 0 Å². The molecule has 1 heteroatoms. The van der Waals surface area contributed by atoms with Gasteiger partial charge in [0.2, 0.25) is 0 Å². The number of hydrogen-bond donors (Lipinski definition) is 0. The first-order chi connectivity index (χ1) is 7.52. The minimum atomic E-state index is 0.167. The number of Topliss-reactive ketones (excluding diaryl/α,β-unsaturated/α-hetero) is 1. The highest BCUT2D eigenvalue weighted by atomic mass is 16.1. The second-order valence-electron chi connectivity index (χ2n) is 4.50. The van der Waals surface area contributed by atoms with Crippen LogP contribution in [0.15, 0.2) is 35.5 Å². The summed E-state index contributed by atoms with van der Waals surface area (Å²) in [7, 11) is 0. The highest BCUT2D eigenvalue weighted by molar-refractivity contribution is 5.72. The van der Waals surface area contributed by atoms with E-state index in [1.807, 2.05) is 0 Å². The summed E-state index contributed by atoms with van der Waals surface area (Å²) < 4.78 is 0. The van der Waals surface area contributed by atoms with Gasteiger partial charge in [-0.2, -0.15) is 0 Å². The molecule has 0 spiro atoms. The fraction of sp³-hybridized carbons (Fsp3) is 0.533. The van der Waals surface area contributed by atoms with Crippen LogP contribution in [0.5, 0.6) is 0 Å². The van der Waals surface area contributed by atoms with E-state index in [4.69, 9.17) is 0 Å². The predicted octanol–water partition coefficient (Wildman–Crippen LogP) is 4.60. The Hall–Kier alpha value is -1.11. The predicted molar refractivity (Wildman–Crippen MR) is 71.5 cm³/mol. The lowest BCUT2D eigenvalue weighted by Gasteiger charge is -2.06. The minimum Gasteiger partial charge on any atom is -0.300 e. The lowest BCUT2D eigenvalue weighted by atomic mass is 10.0. The third kappa shape index (κ3) is 11.0. The van der Waals surface area contributed by atoms with Gasteiger partial charge in [-0.25, -0.2) is 0 Å². The van der Waals surface area contributed by atoms with Gasteiger partial charge in [-0.3, -0.25) is 0 Å². The van der Waals surface area contributed by atoms with E-state index in [-0.39, 0.29) is 5.78 Å². The molecule has 90 valence electrons. The Morgan fingerprint density at radius 1 is 1.25 bits per heavy atom. The van der Waals surface area contributed by atoms with Crippen LogP contribution in [-0.4, -0.2) is 5.78 Å². The SMILES string of the molecule is CC(C)=CCCC1=CCC=CC1.CC(C)=O. The van der Waals surface area contributed by atoms with E-state index in [0.717, 1.165) is 6.42 Å². The molecule has 0 heterocycles. The van der Waals surface area contributed by atoms with Crippen molar-refractivity contribution in [3.05, 3.63) is 35.5 Å². The van der Waals surface area contributed by atoms with Gasteiger partial charge in [-0.15, -0.1) is 0 Å². The van der Waals surface area contributed by atoms with Gasteiger partial charge in [0.25, 0.3) is 0 Å². The second kappa shape index (κ2) is 9.14. The first kappa shape index (κ1) is 14.9. The number of hydrogen-bond acceptors (Lipinski definition) is 1. The molecule has 0 aromatic heterocycles. The Morgan fingerprint density at radius 3 is 2.31 bits per heavy atom. The summed E-state index contributed by atoms with van der Waals surface area (Å²) in [5.41, 5.74) is 3.04. The van der Waals surface area contributed by atoms with E-state index in [0.29, 0.717) is 0 Å². The molecule has 16 heavy (non-hydrogen) atoms. The van der Waals surface area contributed by atoms with E-state index in [2.05, 4.69) is 38.2 Å². The zero-order valence-electron chi connectivity index (χ0n) is 11.0. The maximum Gasteiger partial charge on any atom is 0.126 e. The molecule has 1 nitrogen and oxygen atoms in total. The number of carbonyl (C=O) groups excluding carboxylic acids is 1. The average Bonchev–Trinajstić information content (AvgIpc) is 2.18. The maximum atomic E-state index is 9.44. The highest BCUT2D eigenvalue weighted by Gasteiger charge is 1.96. The summed E-state index contributed by atoms with van der Waals surface area (Å²) in [4.78, 5) is 9.44. The monoisotopic (exact) mass is 220 g/mol. The Morgan fingerprint density at radius 2 is 1.88 bits per heavy atom. The molecular formula is C15H24O. The lowest BCUT2D eigenvalue weighted by molar-refractivity contribution is -0.114. The molecule has 0 aromatic rings. The Labute approximate surface area is 99.9 Å². The van der Waals surface area contributed by atoms with Crippen molar-refractivity contribution in [1.82, 2.24) is 0 Å². The second-order valence-corrected chi connectivity index (χ2v) is 4.50. The van der Waals surface area contributed by atoms with Crippen molar-refractivity contribution in [3.8, 4) is 0 Å². The fourth-order valence-electron chi connectivity index (χ4n) is 1.40. The van der Waals surface area contributed by atoms with Crippen molar-refractivity contribution >= 4 is 5.78 Å². The van der Waals surface area contributed by atoms with Crippen molar-refractivity contribution < 1.29 is 4.79 Å². The molecule has 0 atom stereocenters. The largest absolute Gasteiger partial charge is 0.300 e. The Balaban J connectivity index is 0.000000487. The number of allylic oxidation sites excluding steroid dienone is 6. The molecule has 1 rings (SSSR count). The third-order valence-electron chi connectivity index (χ3n) is 2.11. The molecule has 1 aliphatic rings. The van der Waals surface area contributed by atoms with Crippen molar-refractivity contribution in [2.75, 3.05) is 0 Å². The summed E-state index contributed by atoms with van der Waals surface area (Å²) in [5, 5.41) is 0. The van der Waals surface area contributed by atoms with Crippen LogP contribution < -0.4 is 0 Å². The maximum absolute atomic E-state index is 9.44. The van der Waals surface area contributed by atoms with Gasteiger partial charge in [0, 0.05) is 0 Å². The first-order valence-electron chi connectivity index (χ1n) is 5.95. The molecule has 1 aliphatic carbocycles. The zero-order valence-corrected chi connectivity index (χ0v) is 11.0. The van der Waals surface area contributed by atoms with Crippen LogP contribution in [0.3, 0.4) is 0 Å². The number of carbonyl (C=O) groups is 1. The molecule has 0 aromatic carbocycles. The van der Waals surface area contributed by atoms with Crippen LogP contribution in [-0.2, 0) is 4.79 Å². The van der Waals surface area contributed by atoms with Crippen LogP contribution in [0.4, 0.5) is 0 Å². The van der Waals surface area contributed by atoms with Crippen LogP contribution in [0.1, 0.15) is 53.4 Å². The van der Waals surface area contributed by atoms with Crippen molar-refractivity contribution in [3.63, 3.8) is 0 Å². The van der Waals surface area contributed by atoms with E-state index >= 15 is 0 Å². The van der Waals surface area contributed by atoms with Crippen molar-refractivity contribution in [2.24, 2.45) is 0 Å². The summed E-state index contributed by atoms with van der Waals surface area (Å²) >= 11 is 0. The van der Waals surface area contributed by atoms with Gasteiger partial charge in [-0.1, -0.05) is 35.5 Å². The molecule has 0 unspecified atom stereocenters. The van der Waals surface area contributed by atoms with Crippen LogP contribution >= 0.6 is 0 Å². The molecule has 0 aliphatic heterocycles. The van der Waals surface area contributed by atoms with Crippen LogP contribution in [0.2, 0.25) is 0 Å². The molecule has 0 amide bonds. The Bertz CT molecular complexity index is 285. The summed E-state index contributed by atoms with van der Waals surface area (Å²) in [6.07, 6.45) is 14.0. The molecule has 0 fully saturated rings. The third-order valence-corrected chi connectivity index (χ3v) is 2.11. The zero-order chi connectivity index (χ0) is 12.4. The van der Waals surface area contributed by atoms with Crippen LogP contribution in [0, 0.1) is 0 Å². The molecule has 0 N–H and O–H groups in total. The highest BCUT2D eigenvalue weighted by Crippen LogP contribution is 2.16. The van der Waals surface area contributed by atoms with Gasteiger partial charge in [0.1, 0.15) is 5.78 Å². The molecule has 0 bridgehead atoms. The summed E-state index contributed by atoms with van der Waals surface area (Å²) in [6, 6.07) is 0. The Kier molecular flexibility index (Phi) is 8.51. The normalized spacial score (nSPS) is 13.4. The van der Waals surface area contributed by atoms with Gasteiger partial charge < -0.3 is 4.79 Å². The molecule has 0 saturated heterocycles. The number of rotatable bonds is 3. The minimum absolute atomic E-state index is 0.167. The quantitative estimate of drug-likeness (QED) is 0.635. The summed E-state index contributed by atoms with van der Waals surface area (Å²) in [6.45, 7) is 7.38. The van der Waals surface area contributed by atoms with E-state index in [1.54, 1.807) is 5.57 Å². The fourth-order valence-corrected chi connectivity index (χ4v) is 1.40. The van der Waals surface area contributed by atoms with Gasteiger partial charge in [0.15, 0.2) is 0 Å². The summed E-state index contributed by atoms with van der Waals surface area (Å²) in [5.74, 6) is 0.167. The average molecular weight is 220 g/mol. The van der Waals surface area contributed by atoms with Gasteiger partial charge >= 0.3 is 0 Å². The van der Waals surface area contributed by atoms with Gasteiger partial charge in [-0.05, 0) is 53.4 Å². The first-order valence-corrected chi connectivity index (χ1v) is 5.95. The smallest absolute Gasteiger partial charge is 0.126 e. The topological polar surface area (TPSA) is 17.1 Å². The van der Waals surface area contributed by atoms with Crippen molar-refractivity contribution in [2.45, 2.75) is 53.4 Å². The van der Waals surface area contributed by atoms with Crippen molar-refractivity contribution in [1.29, 1.82) is 0 Å². The molecule has 0 radical (unpaired) electrons. The molecular weight excluding hydrogens is 196 g/mol. The van der Waals surface area contributed by atoms with E-state index in [9.17, 15) is 4.79 Å².